The standard InChI is InChI=1S/C26H30N2O3S/c1-6-20-9-8-10-21(7-2)25(20)27-26(29)22-14-13-19(5)24(16-22)32(30,31)28-23-15-17(3)11-12-18(23)4/h8-16,28H,6-7H2,1-5H3,(H,27,29). The monoisotopic (exact) mass is 450 g/mol. The summed E-state index contributed by atoms with van der Waals surface area (Å²) in [7, 11) is -3.87. The predicted octanol–water partition coefficient (Wildman–Crippen LogP) is 5.79. The Balaban J connectivity index is 1.95. The maximum atomic E-state index is 13.2. The Hall–Kier alpha value is -3.12. The normalized spacial score (nSPS) is 11.3. The highest BCUT2D eigenvalue weighted by atomic mass is 32.2. The van der Waals surface area contributed by atoms with Crippen molar-refractivity contribution in [2.75, 3.05) is 10.0 Å². The van der Waals surface area contributed by atoms with Gasteiger partial charge in [-0.2, -0.15) is 0 Å². The number of benzene rings is 3. The lowest BCUT2D eigenvalue weighted by Gasteiger charge is -2.16. The van der Waals surface area contributed by atoms with Crippen LogP contribution < -0.4 is 10.0 Å². The molecular weight excluding hydrogens is 420 g/mol. The summed E-state index contributed by atoms with van der Waals surface area (Å²) < 4.78 is 29.0. The molecule has 0 unspecified atom stereocenters. The second kappa shape index (κ2) is 9.57. The minimum absolute atomic E-state index is 0.0885. The molecule has 0 spiro atoms. The number of amides is 1. The van der Waals surface area contributed by atoms with E-state index in [2.05, 4.69) is 10.0 Å². The minimum Gasteiger partial charge on any atom is -0.321 e. The average molecular weight is 451 g/mol. The third kappa shape index (κ3) is 5.02. The summed E-state index contributed by atoms with van der Waals surface area (Å²) >= 11 is 0. The summed E-state index contributed by atoms with van der Waals surface area (Å²) in [5.74, 6) is -0.330. The van der Waals surface area contributed by atoms with Gasteiger partial charge < -0.3 is 5.32 Å². The van der Waals surface area contributed by atoms with Gasteiger partial charge in [0.05, 0.1) is 10.6 Å². The van der Waals surface area contributed by atoms with Crippen LogP contribution in [0, 0.1) is 20.8 Å². The van der Waals surface area contributed by atoms with Crippen LogP contribution in [0.3, 0.4) is 0 Å². The van der Waals surface area contributed by atoms with Gasteiger partial charge in [0, 0.05) is 11.3 Å². The molecule has 3 aromatic rings. The quantitative estimate of drug-likeness (QED) is 0.478. The van der Waals surface area contributed by atoms with Crippen LogP contribution in [-0.4, -0.2) is 14.3 Å². The number of carbonyl (C=O) groups is 1. The third-order valence-corrected chi connectivity index (χ3v) is 7.12. The highest BCUT2D eigenvalue weighted by Crippen LogP contribution is 2.26. The van der Waals surface area contributed by atoms with Crippen molar-refractivity contribution in [3.63, 3.8) is 0 Å². The molecule has 0 bridgehead atoms. The predicted molar refractivity (Wildman–Crippen MR) is 131 cm³/mol. The summed E-state index contributed by atoms with van der Waals surface area (Å²) in [4.78, 5) is 13.2. The molecule has 1 amide bonds. The number of anilines is 2. The molecule has 6 heteroatoms. The first kappa shape index (κ1) is 23.5. The molecule has 0 radical (unpaired) electrons. The van der Waals surface area contributed by atoms with E-state index in [9.17, 15) is 13.2 Å². The van der Waals surface area contributed by atoms with Crippen molar-refractivity contribution in [1.82, 2.24) is 0 Å². The van der Waals surface area contributed by atoms with Crippen molar-refractivity contribution in [3.8, 4) is 0 Å². The number of aryl methyl sites for hydroxylation is 5. The number of hydrogen-bond acceptors (Lipinski definition) is 3. The van der Waals surface area contributed by atoms with Gasteiger partial charge in [-0.15, -0.1) is 0 Å². The highest BCUT2D eigenvalue weighted by molar-refractivity contribution is 7.92. The Kier molecular flexibility index (Phi) is 7.04. The summed E-state index contributed by atoms with van der Waals surface area (Å²) in [5, 5.41) is 3.01. The lowest BCUT2D eigenvalue weighted by Crippen LogP contribution is -2.18. The van der Waals surface area contributed by atoms with Gasteiger partial charge in [-0.1, -0.05) is 50.2 Å². The van der Waals surface area contributed by atoms with Gasteiger partial charge in [-0.25, -0.2) is 8.42 Å². The topological polar surface area (TPSA) is 75.3 Å². The fraction of sp³-hybridized carbons (Fsp3) is 0.269. The molecule has 0 aromatic heterocycles. The summed E-state index contributed by atoms with van der Waals surface area (Å²) in [5.41, 5.74) is 6.09. The van der Waals surface area contributed by atoms with Crippen LogP contribution in [0.25, 0.3) is 0 Å². The molecule has 3 aromatic carbocycles. The second-order valence-corrected chi connectivity index (χ2v) is 9.67. The van der Waals surface area contributed by atoms with Gasteiger partial charge in [0.25, 0.3) is 15.9 Å². The first-order valence-electron chi connectivity index (χ1n) is 10.8. The lowest BCUT2D eigenvalue weighted by molar-refractivity contribution is 0.102. The molecule has 0 fully saturated rings. The van der Waals surface area contributed by atoms with E-state index in [1.807, 2.05) is 58.0 Å². The van der Waals surface area contributed by atoms with Gasteiger partial charge in [0.15, 0.2) is 0 Å². The van der Waals surface area contributed by atoms with Gasteiger partial charge in [-0.05, 0) is 79.6 Å². The number of hydrogen-bond donors (Lipinski definition) is 2. The zero-order chi connectivity index (χ0) is 23.5. The SMILES string of the molecule is CCc1cccc(CC)c1NC(=O)c1ccc(C)c(S(=O)(=O)Nc2cc(C)ccc2C)c1. The van der Waals surface area contributed by atoms with Crippen molar-refractivity contribution in [3.05, 3.63) is 88.0 Å². The van der Waals surface area contributed by atoms with E-state index in [0.717, 1.165) is 40.8 Å². The molecule has 0 saturated heterocycles. The Morgan fingerprint density at radius 2 is 1.47 bits per heavy atom. The molecule has 0 atom stereocenters. The van der Waals surface area contributed by atoms with Crippen LogP contribution in [0.1, 0.15) is 52.0 Å². The molecule has 0 aliphatic carbocycles. The van der Waals surface area contributed by atoms with E-state index in [1.165, 1.54) is 6.07 Å². The molecule has 0 saturated carbocycles. The van der Waals surface area contributed by atoms with Gasteiger partial charge in [-0.3, -0.25) is 9.52 Å². The van der Waals surface area contributed by atoms with E-state index >= 15 is 0 Å². The van der Waals surface area contributed by atoms with Crippen LogP contribution in [0.15, 0.2) is 59.5 Å². The van der Waals surface area contributed by atoms with Crippen molar-refractivity contribution in [2.24, 2.45) is 0 Å². The molecule has 168 valence electrons. The number of rotatable bonds is 7. The Morgan fingerprint density at radius 1 is 0.844 bits per heavy atom. The van der Waals surface area contributed by atoms with Crippen LogP contribution >= 0.6 is 0 Å². The van der Waals surface area contributed by atoms with Crippen LogP contribution in [0.5, 0.6) is 0 Å². The number of sulfonamides is 1. The van der Waals surface area contributed by atoms with Gasteiger partial charge >= 0.3 is 0 Å². The Labute approximate surface area is 190 Å². The third-order valence-electron chi connectivity index (χ3n) is 5.61. The molecule has 2 N–H and O–H groups in total. The van der Waals surface area contributed by atoms with E-state index in [4.69, 9.17) is 0 Å². The first-order valence-corrected chi connectivity index (χ1v) is 12.3. The molecule has 5 nitrogen and oxygen atoms in total. The number of para-hydroxylation sites is 1. The van der Waals surface area contributed by atoms with Gasteiger partial charge in [0.1, 0.15) is 0 Å². The molecule has 3 rings (SSSR count). The Morgan fingerprint density at radius 3 is 2.09 bits per heavy atom. The summed E-state index contributed by atoms with van der Waals surface area (Å²) in [6, 6.07) is 16.3. The molecule has 32 heavy (non-hydrogen) atoms. The maximum absolute atomic E-state index is 13.2. The van der Waals surface area contributed by atoms with Crippen LogP contribution in [0.4, 0.5) is 11.4 Å². The Bertz CT molecular complexity index is 1240. The van der Waals surface area contributed by atoms with E-state index in [1.54, 1.807) is 25.1 Å². The van der Waals surface area contributed by atoms with Crippen molar-refractivity contribution in [2.45, 2.75) is 52.4 Å². The van der Waals surface area contributed by atoms with Crippen LogP contribution in [0.2, 0.25) is 0 Å². The van der Waals surface area contributed by atoms with Crippen LogP contribution in [-0.2, 0) is 22.9 Å². The number of carbonyl (C=O) groups excluding carboxylic acids is 1. The average Bonchev–Trinajstić information content (AvgIpc) is 2.76. The lowest BCUT2D eigenvalue weighted by atomic mass is 10.0. The molecular formula is C26H30N2O3S. The molecule has 0 heterocycles. The fourth-order valence-electron chi connectivity index (χ4n) is 3.67. The fourth-order valence-corrected chi connectivity index (χ4v) is 5.06. The minimum atomic E-state index is -3.87. The summed E-state index contributed by atoms with van der Waals surface area (Å²) in [6.45, 7) is 9.57. The zero-order valence-corrected chi connectivity index (χ0v) is 20.1. The smallest absolute Gasteiger partial charge is 0.262 e. The first-order chi connectivity index (χ1) is 15.2. The van der Waals surface area contributed by atoms with E-state index in [-0.39, 0.29) is 10.8 Å². The van der Waals surface area contributed by atoms with Gasteiger partial charge in [0.2, 0.25) is 0 Å². The van der Waals surface area contributed by atoms with Crippen molar-refractivity contribution < 1.29 is 13.2 Å². The number of nitrogens with one attached hydrogen (secondary N) is 2. The van der Waals surface area contributed by atoms with E-state index in [0.29, 0.717) is 16.8 Å². The van der Waals surface area contributed by atoms with Crippen molar-refractivity contribution >= 4 is 27.3 Å². The highest BCUT2D eigenvalue weighted by Gasteiger charge is 2.21. The second-order valence-electron chi connectivity index (χ2n) is 8.02. The van der Waals surface area contributed by atoms with E-state index < -0.39 is 10.0 Å². The van der Waals surface area contributed by atoms with Crippen molar-refractivity contribution in [1.29, 1.82) is 0 Å². The molecule has 0 aliphatic heterocycles. The zero-order valence-electron chi connectivity index (χ0n) is 19.2. The molecule has 0 aliphatic rings. The largest absolute Gasteiger partial charge is 0.321 e. The summed E-state index contributed by atoms with van der Waals surface area (Å²) in [6.07, 6.45) is 1.58. The maximum Gasteiger partial charge on any atom is 0.262 e.